The van der Waals surface area contributed by atoms with Crippen molar-refractivity contribution in [3.63, 3.8) is 0 Å². The second kappa shape index (κ2) is 5.84. The molecule has 1 aromatic carbocycles. The monoisotopic (exact) mass is 325 g/mol. The average molecular weight is 325 g/mol. The van der Waals surface area contributed by atoms with E-state index < -0.39 is 12.2 Å². The Bertz CT molecular complexity index is 721. The van der Waals surface area contributed by atoms with Crippen LogP contribution < -0.4 is 15.0 Å². The van der Waals surface area contributed by atoms with Crippen molar-refractivity contribution in [2.75, 3.05) is 7.11 Å². The number of aromatic nitrogens is 2. The molecule has 0 amide bonds. The first kappa shape index (κ1) is 15.2. The Kier molecular flexibility index (Phi) is 3.87. The highest BCUT2D eigenvalue weighted by atomic mass is 19.3. The number of alkyl halides is 2. The maximum Gasteiger partial charge on any atom is 0.387 e. The summed E-state index contributed by atoms with van der Waals surface area (Å²) in [6, 6.07) is 4.63. The Morgan fingerprint density at radius 1 is 1.30 bits per heavy atom. The van der Waals surface area contributed by atoms with Gasteiger partial charge >= 0.3 is 6.61 Å². The molecule has 23 heavy (non-hydrogen) atoms. The predicted molar refractivity (Wildman–Crippen MR) is 73.5 cm³/mol. The van der Waals surface area contributed by atoms with Crippen LogP contribution in [0.5, 0.6) is 11.5 Å². The number of benzene rings is 1. The molecule has 1 aromatic heterocycles. The molecule has 1 aliphatic rings. The third-order valence-corrected chi connectivity index (χ3v) is 3.27. The van der Waals surface area contributed by atoms with Crippen molar-refractivity contribution in [2.45, 2.75) is 19.1 Å². The molecule has 7 nitrogen and oxygen atoms in total. The Morgan fingerprint density at radius 3 is 2.78 bits per heavy atom. The maximum absolute atomic E-state index is 12.5. The van der Waals surface area contributed by atoms with E-state index in [0.717, 1.165) is 0 Å². The molecule has 0 fully saturated rings. The summed E-state index contributed by atoms with van der Waals surface area (Å²) in [7, 11) is 1.37. The normalized spacial score (nSPS) is 20.3. The molecule has 0 spiro atoms. The van der Waals surface area contributed by atoms with E-state index in [2.05, 4.69) is 20.4 Å². The van der Waals surface area contributed by atoms with Gasteiger partial charge in [-0.15, -0.1) is 10.2 Å². The predicted octanol–water partition coefficient (Wildman–Crippen LogP) is 2.47. The van der Waals surface area contributed by atoms with Gasteiger partial charge in [0.15, 0.2) is 17.1 Å². The Hall–Kier alpha value is -2.68. The van der Waals surface area contributed by atoms with Gasteiger partial charge in [0.05, 0.1) is 12.8 Å². The number of hydrogen-bond donors (Lipinski definition) is 1. The smallest absolute Gasteiger partial charge is 0.387 e. The van der Waals surface area contributed by atoms with Gasteiger partial charge in [-0.05, 0) is 31.2 Å². The third-order valence-electron chi connectivity index (χ3n) is 3.27. The van der Waals surface area contributed by atoms with Crippen LogP contribution >= 0.6 is 0 Å². The molecule has 2 heterocycles. The number of hydroxylamine groups is 1. The minimum atomic E-state index is -2.95. The minimum Gasteiger partial charge on any atom is -0.493 e. The van der Waals surface area contributed by atoms with Crippen molar-refractivity contribution in [2.24, 2.45) is 0 Å². The number of hydrogen-bond acceptors (Lipinski definition) is 7. The van der Waals surface area contributed by atoms with Crippen LogP contribution in [0.1, 0.15) is 18.4 Å². The van der Waals surface area contributed by atoms with Crippen LogP contribution in [0.2, 0.25) is 0 Å². The van der Waals surface area contributed by atoms with E-state index in [0.29, 0.717) is 11.3 Å². The number of ether oxygens (including phenoxy) is 2. The lowest BCUT2D eigenvalue weighted by Gasteiger charge is -2.14. The summed E-state index contributed by atoms with van der Waals surface area (Å²) in [5.74, 6) is 0.389. The highest BCUT2D eigenvalue weighted by Crippen LogP contribution is 2.36. The first-order valence-electron chi connectivity index (χ1n) is 6.58. The molecule has 1 aliphatic heterocycles. The molecule has 2 aromatic rings. The average Bonchev–Trinajstić information content (AvgIpc) is 3.17. The van der Waals surface area contributed by atoms with Gasteiger partial charge in [-0.2, -0.15) is 8.78 Å². The standard InChI is InChI=1S/C14H13F2N3O4/c1-14(12-18-17-7-21-12)6-9(19-23-14)8-3-4-10(20-2)11(5-8)22-13(15)16/h3-7,13,19H,1-2H3. The number of rotatable bonds is 5. The van der Waals surface area contributed by atoms with Crippen LogP contribution in [0.4, 0.5) is 8.78 Å². The lowest BCUT2D eigenvalue weighted by atomic mass is 10.0. The fourth-order valence-corrected chi connectivity index (χ4v) is 2.16. The van der Waals surface area contributed by atoms with Crippen LogP contribution in [0.25, 0.3) is 5.70 Å². The number of halogens is 2. The van der Waals surface area contributed by atoms with Crippen molar-refractivity contribution >= 4 is 5.70 Å². The Labute approximate surface area is 129 Å². The number of nitrogens with zero attached hydrogens (tertiary/aromatic N) is 2. The lowest BCUT2D eigenvalue weighted by Crippen LogP contribution is -2.23. The second-order valence-electron chi connectivity index (χ2n) is 4.86. The van der Waals surface area contributed by atoms with Gasteiger partial charge in [0.2, 0.25) is 6.39 Å². The highest BCUT2D eigenvalue weighted by molar-refractivity contribution is 5.68. The maximum atomic E-state index is 12.5. The molecular formula is C14H13F2N3O4. The van der Waals surface area contributed by atoms with Crippen molar-refractivity contribution in [3.8, 4) is 11.5 Å². The SMILES string of the molecule is COc1ccc(C2=CC(C)(c3nnco3)ON2)cc1OC(F)F. The van der Waals surface area contributed by atoms with Crippen LogP contribution in [-0.2, 0) is 10.4 Å². The van der Waals surface area contributed by atoms with Gasteiger partial charge in [0.25, 0.3) is 5.89 Å². The molecule has 1 atom stereocenters. The van der Waals surface area contributed by atoms with Gasteiger partial charge in [0.1, 0.15) is 0 Å². The number of nitrogens with one attached hydrogen (secondary N) is 1. The first-order chi connectivity index (χ1) is 11.0. The molecule has 0 saturated carbocycles. The Balaban J connectivity index is 1.93. The zero-order chi connectivity index (χ0) is 16.4. The van der Waals surface area contributed by atoms with Crippen LogP contribution in [-0.4, -0.2) is 23.9 Å². The fourth-order valence-electron chi connectivity index (χ4n) is 2.16. The summed E-state index contributed by atoms with van der Waals surface area (Å²) in [4.78, 5) is 5.47. The summed E-state index contributed by atoms with van der Waals surface area (Å²) < 4.78 is 39.6. The van der Waals surface area contributed by atoms with E-state index >= 15 is 0 Å². The zero-order valence-electron chi connectivity index (χ0n) is 12.2. The van der Waals surface area contributed by atoms with Crippen LogP contribution in [0, 0.1) is 0 Å². The summed E-state index contributed by atoms with van der Waals surface area (Å²) in [6.07, 6.45) is 2.90. The van der Waals surface area contributed by atoms with Gasteiger partial charge in [-0.1, -0.05) is 0 Å². The molecule has 0 aliphatic carbocycles. The summed E-state index contributed by atoms with van der Waals surface area (Å²) in [5, 5.41) is 7.42. The van der Waals surface area contributed by atoms with Crippen LogP contribution in [0.15, 0.2) is 35.1 Å². The highest BCUT2D eigenvalue weighted by Gasteiger charge is 2.37. The van der Waals surface area contributed by atoms with E-state index in [1.165, 1.54) is 25.6 Å². The molecule has 1 unspecified atom stereocenters. The van der Waals surface area contributed by atoms with E-state index in [4.69, 9.17) is 14.0 Å². The van der Waals surface area contributed by atoms with E-state index in [1.807, 2.05) is 0 Å². The summed E-state index contributed by atoms with van der Waals surface area (Å²) >= 11 is 0. The quantitative estimate of drug-likeness (QED) is 0.904. The van der Waals surface area contributed by atoms with Crippen LogP contribution in [0.3, 0.4) is 0 Å². The van der Waals surface area contributed by atoms with Crippen molar-refractivity contribution in [1.82, 2.24) is 15.7 Å². The topological polar surface area (TPSA) is 78.6 Å². The van der Waals surface area contributed by atoms with Crippen molar-refractivity contribution in [1.29, 1.82) is 0 Å². The summed E-state index contributed by atoms with van der Waals surface area (Å²) in [6.45, 7) is -1.23. The van der Waals surface area contributed by atoms with Crippen molar-refractivity contribution in [3.05, 3.63) is 42.1 Å². The molecular weight excluding hydrogens is 312 g/mol. The minimum absolute atomic E-state index is 0.0749. The van der Waals surface area contributed by atoms with E-state index in [9.17, 15) is 8.78 Å². The van der Waals surface area contributed by atoms with Gasteiger partial charge < -0.3 is 13.9 Å². The van der Waals surface area contributed by atoms with E-state index in [-0.39, 0.29) is 17.4 Å². The third kappa shape index (κ3) is 2.95. The summed E-state index contributed by atoms with van der Waals surface area (Å²) in [5.41, 5.74) is 2.88. The van der Waals surface area contributed by atoms with Gasteiger partial charge in [-0.3, -0.25) is 10.3 Å². The second-order valence-corrected chi connectivity index (χ2v) is 4.86. The Morgan fingerprint density at radius 2 is 2.13 bits per heavy atom. The molecule has 0 radical (unpaired) electrons. The lowest BCUT2D eigenvalue weighted by molar-refractivity contribution is -0.0512. The van der Waals surface area contributed by atoms with Crippen molar-refractivity contribution < 1.29 is 27.5 Å². The molecule has 0 bridgehead atoms. The molecule has 3 rings (SSSR count). The van der Waals surface area contributed by atoms with Gasteiger partial charge in [-0.25, -0.2) is 0 Å². The first-order valence-corrected chi connectivity index (χ1v) is 6.58. The zero-order valence-corrected chi connectivity index (χ0v) is 12.2. The molecule has 0 saturated heterocycles. The molecule has 1 N–H and O–H groups in total. The number of methoxy groups -OCH3 is 1. The van der Waals surface area contributed by atoms with E-state index in [1.54, 1.807) is 19.1 Å². The fraction of sp³-hybridized carbons (Fsp3) is 0.286. The largest absolute Gasteiger partial charge is 0.493 e. The van der Waals surface area contributed by atoms with Gasteiger partial charge in [0, 0.05) is 5.56 Å². The molecule has 122 valence electrons. The molecule has 9 heteroatoms.